The van der Waals surface area contributed by atoms with E-state index in [1.165, 1.54) is 0 Å². The normalized spacial score (nSPS) is 10.7. The van der Waals surface area contributed by atoms with Crippen molar-refractivity contribution in [2.45, 2.75) is 46.5 Å². The van der Waals surface area contributed by atoms with Gasteiger partial charge < -0.3 is 10.2 Å². The van der Waals surface area contributed by atoms with E-state index in [1.54, 1.807) is 0 Å². The van der Waals surface area contributed by atoms with Crippen molar-refractivity contribution in [3.05, 3.63) is 17.7 Å². The predicted octanol–water partition coefficient (Wildman–Crippen LogP) is 4.20. The summed E-state index contributed by atoms with van der Waals surface area (Å²) in [5, 5.41) is 2.83. The molecule has 0 atom stereocenters. The van der Waals surface area contributed by atoms with Gasteiger partial charge in [-0.05, 0) is 19.8 Å². The van der Waals surface area contributed by atoms with Crippen LogP contribution in [0.3, 0.4) is 0 Å². The molecule has 0 fully saturated rings. The van der Waals surface area contributed by atoms with E-state index < -0.39 is 11.6 Å². The average molecular weight is 285 g/mol. The molecule has 0 unspecified atom stereocenters. The van der Waals surface area contributed by atoms with Gasteiger partial charge in [0, 0.05) is 25.7 Å². The molecule has 3 nitrogen and oxygen atoms in total. The maximum Gasteiger partial charge on any atom is 0.168 e. The van der Waals surface area contributed by atoms with E-state index in [9.17, 15) is 8.78 Å². The lowest BCUT2D eigenvalue weighted by Gasteiger charge is -2.24. The van der Waals surface area contributed by atoms with Crippen molar-refractivity contribution in [2.75, 3.05) is 29.9 Å². The summed E-state index contributed by atoms with van der Waals surface area (Å²) in [7, 11) is 0. The highest BCUT2D eigenvalue weighted by atomic mass is 19.1. The minimum absolute atomic E-state index is 0.127. The third-order valence-corrected chi connectivity index (χ3v) is 3.12. The van der Waals surface area contributed by atoms with Gasteiger partial charge in [0.2, 0.25) is 0 Å². The number of hydrogen-bond acceptors (Lipinski definition) is 3. The van der Waals surface area contributed by atoms with Crippen molar-refractivity contribution in [2.24, 2.45) is 0 Å². The van der Waals surface area contributed by atoms with Crippen molar-refractivity contribution in [1.82, 2.24) is 4.98 Å². The summed E-state index contributed by atoms with van der Waals surface area (Å²) < 4.78 is 27.6. The predicted molar refractivity (Wildman–Crippen MR) is 80.3 cm³/mol. The van der Waals surface area contributed by atoms with Crippen molar-refractivity contribution in [3.63, 3.8) is 0 Å². The Morgan fingerprint density at radius 2 is 1.65 bits per heavy atom. The Morgan fingerprint density at radius 3 is 2.15 bits per heavy atom. The second-order valence-corrected chi connectivity index (χ2v) is 4.85. The minimum Gasteiger partial charge on any atom is -0.368 e. The molecule has 1 heterocycles. The number of nitrogens with one attached hydrogen (secondary N) is 1. The molecule has 0 saturated carbocycles. The van der Waals surface area contributed by atoms with E-state index in [1.807, 2.05) is 11.8 Å². The maximum atomic E-state index is 14.0. The fourth-order valence-electron chi connectivity index (χ4n) is 1.99. The highest BCUT2D eigenvalue weighted by Crippen LogP contribution is 2.23. The highest BCUT2D eigenvalue weighted by Gasteiger charge is 2.16. The Kier molecular flexibility index (Phi) is 7.26. The van der Waals surface area contributed by atoms with Gasteiger partial charge in [0.05, 0.1) is 0 Å². The highest BCUT2D eigenvalue weighted by molar-refractivity contribution is 5.49. The third-order valence-electron chi connectivity index (χ3n) is 3.12. The van der Waals surface area contributed by atoms with Crippen LogP contribution >= 0.6 is 0 Å². The Bertz CT molecular complexity index is 402. The van der Waals surface area contributed by atoms with E-state index in [2.05, 4.69) is 24.1 Å². The second-order valence-electron chi connectivity index (χ2n) is 4.85. The molecule has 0 aliphatic carbocycles. The van der Waals surface area contributed by atoms with Crippen LogP contribution in [0.4, 0.5) is 20.4 Å². The largest absolute Gasteiger partial charge is 0.368 e. The first kappa shape index (κ1) is 16.7. The van der Waals surface area contributed by atoms with Crippen LogP contribution < -0.4 is 10.2 Å². The summed E-state index contributed by atoms with van der Waals surface area (Å²) in [4.78, 5) is 6.05. The van der Waals surface area contributed by atoms with Crippen LogP contribution in [0.15, 0.2) is 6.07 Å². The fourth-order valence-corrected chi connectivity index (χ4v) is 1.99. The molecule has 0 amide bonds. The fraction of sp³-hybridized carbons (Fsp3) is 0.667. The zero-order chi connectivity index (χ0) is 15.0. The standard InChI is InChI=1S/C15H25F2N3/c1-4-7-9-20(10-8-5-2)15-13(17)11-12(16)14(19-15)18-6-3/h11H,4-10H2,1-3H3,(H,18,19). The van der Waals surface area contributed by atoms with Gasteiger partial charge in [-0.2, -0.15) is 0 Å². The molecule has 114 valence electrons. The molecule has 0 saturated heterocycles. The molecule has 5 heteroatoms. The smallest absolute Gasteiger partial charge is 0.168 e. The number of hydrogen-bond donors (Lipinski definition) is 1. The summed E-state index contributed by atoms with van der Waals surface area (Å²) in [6.45, 7) is 8.09. The lowest BCUT2D eigenvalue weighted by atomic mass is 10.2. The molecule has 1 rings (SSSR count). The summed E-state index contributed by atoms with van der Waals surface area (Å²) in [6, 6.07) is 0.922. The number of aromatic nitrogens is 1. The van der Waals surface area contributed by atoms with E-state index in [-0.39, 0.29) is 11.6 Å². The Morgan fingerprint density at radius 1 is 1.05 bits per heavy atom. The molecule has 0 spiro atoms. The molecule has 0 aromatic carbocycles. The van der Waals surface area contributed by atoms with Gasteiger partial charge in [0.25, 0.3) is 0 Å². The first-order chi connectivity index (χ1) is 9.63. The quantitative estimate of drug-likeness (QED) is 0.737. The maximum absolute atomic E-state index is 14.0. The first-order valence-corrected chi connectivity index (χ1v) is 7.48. The van der Waals surface area contributed by atoms with Gasteiger partial charge in [0.15, 0.2) is 23.3 Å². The molecular formula is C15H25F2N3. The Balaban J connectivity index is 3.00. The summed E-state index contributed by atoms with van der Waals surface area (Å²) in [5.74, 6) is -0.846. The van der Waals surface area contributed by atoms with Crippen LogP contribution in [0.25, 0.3) is 0 Å². The van der Waals surface area contributed by atoms with Crippen LogP contribution in [0.5, 0.6) is 0 Å². The number of rotatable bonds is 9. The van der Waals surface area contributed by atoms with Crippen molar-refractivity contribution < 1.29 is 8.78 Å². The van der Waals surface area contributed by atoms with Gasteiger partial charge in [-0.3, -0.25) is 0 Å². The van der Waals surface area contributed by atoms with Crippen LogP contribution in [-0.4, -0.2) is 24.6 Å². The molecule has 1 aromatic rings. The molecule has 0 aliphatic rings. The molecule has 20 heavy (non-hydrogen) atoms. The molecule has 0 aliphatic heterocycles. The van der Waals surface area contributed by atoms with Crippen LogP contribution in [0.2, 0.25) is 0 Å². The minimum atomic E-state index is -0.640. The van der Waals surface area contributed by atoms with Crippen LogP contribution in [0, 0.1) is 11.6 Å². The molecule has 1 N–H and O–H groups in total. The van der Waals surface area contributed by atoms with Gasteiger partial charge in [-0.25, -0.2) is 13.8 Å². The summed E-state index contributed by atoms with van der Waals surface area (Å²) in [5.41, 5.74) is 0. The summed E-state index contributed by atoms with van der Waals surface area (Å²) in [6.07, 6.45) is 4.01. The lowest BCUT2D eigenvalue weighted by molar-refractivity contribution is 0.563. The van der Waals surface area contributed by atoms with Gasteiger partial charge in [0.1, 0.15) is 0 Å². The SMILES string of the molecule is CCCCN(CCCC)c1nc(NCC)c(F)cc1F. The number of anilines is 2. The third kappa shape index (κ3) is 4.62. The van der Waals surface area contributed by atoms with Gasteiger partial charge >= 0.3 is 0 Å². The monoisotopic (exact) mass is 285 g/mol. The lowest BCUT2D eigenvalue weighted by Crippen LogP contribution is -2.28. The first-order valence-electron chi connectivity index (χ1n) is 7.48. The van der Waals surface area contributed by atoms with E-state index in [0.717, 1.165) is 44.8 Å². The average Bonchev–Trinajstić information content (AvgIpc) is 2.43. The topological polar surface area (TPSA) is 28.2 Å². The van der Waals surface area contributed by atoms with Crippen molar-refractivity contribution in [3.8, 4) is 0 Å². The van der Waals surface area contributed by atoms with Crippen molar-refractivity contribution >= 4 is 11.6 Å². The van der Waals surface area contributed by atoms with Gasteiger partial charge in [-0.15, -0.1) is 0 Å². The van der Waals surface area contributed by atoms with E-state index >= 15 is 0 Å². The molecule has 0 radical (unpaired) electrons. The Hall–Kier alpha value is -1.39. The molecular weight excluding hydrogens is 260 g/mol. The van der Waals surface area contributed by atoms with Crippen LogP contribution in [-0.2, 0) is 0 Å². The number of pyridine rings is 1. The zero-order valence-electron chi connectivity index (χ0n) is 12.7. The number of halogens is 2. The van der Waals surface area contributed by atoms with E-state index in [0.29, 0.717) is 6.54 Å². The van der Waals surface area contributed by atoms with Gasteiger partial charge in [-0.1, -0.05) is 26.7 Å². The molecule has 0 bridgehead atoms. The number of nitrogens with zero attached hydrogens (tertiary/aromatic N) is 2. The van der Waals surface area contributed by atoms with Crippen LogP contribution in [0.1, 0.15) is 46.5 Å². The zero-order valence-corrected chi connectivity index (χ0v) is 12.7. The number of unbranched alkanes of at least 4 members (excludes halogenated alkanes) is 2. The second kappa shape index (κ2) is 8.72. The molecule has 1 aromatic heterocycles. The summed E-state index contributed by atoms with van der Waals surface area (Å²) >= 11 is 0. The Labute approximate surface area is 120 Å². The van der Waals surface area contributed by atoms with E-state index in [4.69, 9.17) is 0 Å². The van der Waals surface area contributed by atoms with Crippen molar-refractivity contribution in [1.29, 1.82) is 0 Å².